The summed E-state index contributed by atoms with van der Waals surface area (Å²) in [5.74, 6) is -0.162. The molecule has 0 unspecified atom stereocenters. The van der Waals surface area contributed by atoms with E-state index in [1.54, 1.807) is 24.3 Å². The molecule has 0 atom stereocenters. The Labute approximate surface area is 189 Å². The molecule has 9 heteroatoms. The maximum absolute atomic E-state index is 13.3. The van der Waals surface area contributed by atoms with Crippen molar-refractivity contribution in [1.82, 2.24) is 9.97 Å². The second-order valence-corrected chi connectivity index (χ2v) is 9.72. The number of nitrogens with one attached hydrogen (secondary N) is 3. The van der Waals surface area contributed by atoms with E-state index in [9.17, 15) is 18.0 Å². The summed E-state index contributed by atoms with van der Waals surface area (Å²) >= 11 is 6.42. The molecule has 0 bridgehead atoms. The number of aromatic amines is 2. The molecule has 7 nitrogen and oxygen atoms in total. The highest BCUT2D eigenvalue weighted by molar-refractivity contribution is 7.92. The zero-order valence-electron chi connectivity index (χ0n) is 17.3. The molecule has 1 aromatic heterocycles. The first kappa shape index (κ1) is 21.9. The molecule has 1 heterocycles. The van der Waals surface area contributed by atoms with E-state index in [0.29, 0.717) is 21.8 Å². The average molecular weight is 470 g/mol. The van der Waals surface area contributed by atoms with Gasteiger partial charge in [-0.3, -0.25) is 14.3 Å². The number of hydrogen-bond acceptors (Lipinski definition) is 4. The molecule has 4 rings (SSSR count). The number of sulfonamides is 1. The summed E-state index contributed by atoms with van der Waals surface area (Å²) in [6, 6.07) is 17.4. The smallest absolute Gasteiger partial charge is 0.314 e. The van der Waals surface area contributed by atoms with Crippen molar-refractivity contribution in [3.63, 3.8) is 0 Å². The molecule has 0 saturated heterocycles. The number of fused-ring (bicyclic) bond motifs is 1. The summed E-state index contributed by atoms with van der Waals surface area (Å²) in [7, 11) is -4.02. The normalized spacial score (nSPS) is 11.8. The second-order valence-electron chi connectivity index (χ2n) is 7.66. The summed E-state index contributed by atoms with van der Waals surface area (Å²) in [6.07, 6.45) is 0. The highest BCUT2D eigenvalue weighted by atomic mass is 35.5. The van der Waals surface area contributed by atoms with Crippen LogP contribution in [0.1, 0.15) is 25.3 Å². The Balaban J connectivity index is 1.77. The molecule has 0 aliphatic carbocycles. The maximum atomic E-state index is 13.3. The molecule has 0 amide bonds. The van der Waals surface area contributed by atoms with Crippen LogP contribution in [0.2, 0.25) is 5.02 Å². The van der Waals surface area contributed by atoms with Crippen molar-refractivity contribution in [1.29, 1.82) is 0 Å². The molecule has 164 valence electrons. The maximum Gasteiger partial charge on any atom is 0.314 e. The van der Waals surface area contributed by atoms with Gasteiger partial charge in [-0.15, -0.1) is 0 Å². The summed E-state index contributed by atoms with van der Waals surface area (Å²) in [5.41, 5.74) is 1.43. The average Bonchev–Trinajstić information content (AvgIpc) is 2.74. The van der Waals surface area contributed by atoms with Crippen molar-refractivity contribution in [3.05, 3.63) is 92.0 Å². The third-order valence-corrected chi connectivity index (χ3v) is 6.82. The number of H-pyrrole nitrogens is 2. The SMILES string of the molecule is CC(C)c1cc2[nH]c(=O)c(=O)[nH]c2cc1S(=O)(=O)Nc1ccc(-c2ccccc2)c(Cl)c1. The Hall–Kier alpha value is -3.36. The number of anilines is 1. The van der Waals surface area contributed by atoms with Gasteiger partial charge in [0.1, 0.15) is 0 Å². The van der Waals surface area contributed by atoms with Crippen LogP contribution < -0.4 is 15.8 Å². The number of halogens is 1. The van der Waals surface area contributed by atoms with Crippen LogP contribution in [-0.2, 0) is 10.0 Å². The van der Waals surface area contributed by atoms with E-state index in [2.05, 4.69) is 14.7 Å². The van der Waals surface area contributed by atoms with Crippen LogP contribution >= 0.6 is 11.6 Å². The minimum Gasteiger partial charge on any atom is -0.316 e. The van der Waals surface area contributed by atoms with Gasteiger partial charge in [0.15, 0.2) is 0 Å². The molecule has 0 spiro atoms. The first-order valence-corrected chi connectivity index (χ1v) is 11.7. The Bertz CT molecular complexity index is 1540. The fourth-order valence-corrected chi connectivity index (χ4v) is 5.20. The summed E-state index contributed by atoms with van der Waals surface area (Å²) in [4.78, 5) is 28.3. The predicted octanol–water partition coefficient (Wildman–Crippen LogP) is 4.46. The van der Waals surface area contributed by atoms with Crippen molar-refractivity contribution in [3.8, 4) is 11.1 Å². The number of hydrogen-bond donors (Lipinski definition) is 3. The molecule has 0 radical (unpaired) electrons. The van der Waals surface area contributed by atoms with Crippen molar-refractivity contribution in [2.24, 2.45) is 0 Å². The van der Waals surface area contributed by atoms with Crippen molar-refractivity contribution < 1.29 is 8.42 Å². The van der Waals surface area contributed by atoms with E-state index in [4.69, 9.17) is 11.6 Å². The lowest BCUT2D eigenvalue weighted by molar-refractivity contribution is 0.599. The predicted molar refractivity (Wildman–Crippen MR) is 127 cm³/mol. The molecule has 0 fully saturated rings. The minimum atomic E-state index is -4.02. The van der Waals surface area contributed by atoms with Crippen LogP contribution in [0.5, 0.6) is 0 Å². The van der Waals surface area contributed by atoms with Crippen molar-refractivity contribution in [2.75, 3.05) is 4.72 Å². The summed E-state index contributed by atoms with van der Waals surface area (Å²) in [5, 5.41) is 0.404. The Morgan fingerprint density at radius 1 is 0.875 bits per heavy atom. The lowest BCUT2D eigenvalue weighted by Gasteiger charge is -2.16. The second kappa shape index (κ2) is 8.29. The van der Waals surface area contributed by atoms with E-state index in [-0.39, 0.29) is 16.3 Å². The number of aromatic nitrogens is 2. The molecule has 4 aromatic rings. The van der Waals surface area contributed by atoms with Crippen LogP contribution in [0.15, 0.2) is 75.1 Å². The largest absolute Gasteiger partial charge is 0.316 e. The lowest BCUT2D eigenvalue weighted by Crippen LogP contribution is -2.29. The zero-order valence-corrected chi connectivity index (χ0v) is 18.8. The molecule has 3 N–H and O–H groups in total. The van der Waals surface area contributed by atoms with E-state index < -0.39 is 21.1 Å². The topological polar surface area (TPSA) is 112 Å². The molecular formula is C23H20ClN3O4S. The molecule has 0 aliphatic heterocycles. The van der Waals surface area contributed by atoms with Gasteiger partial charge in [0.2, 0.25) is 0 Å². The van der Waals surface area contributed by atoms with Crippen LogP contribution in [0.4, 0.5) is 5.69 Å². The third kappa shape index (κ3) is 4.19. The first-order chi connectivity index (χ1) is 15.2. The highest BCUT2D eigenvalue weighted by Gasteiger charge is 2.22. The fraction of sp³-hybridized carbons (Fsp3) is 0.130. The van der Waals surface area contributed by atoms with Gasteiger partial charge in [0.05, 0.1) is 26.6 Å². The van der Waals surface area contributed by atoms with E-state index >= 15 is 0 Å². The number of rotatable bonds is 5. The third-order valence-electron chi connectivity index (χ3n) is 5.07. The van der Waals surface area contributed by atoms with Gasteiger partial charge in [0, 0.05) is 5.56 Å². The molecule has 32 heavy (non-hydrogen) atoms. The van der Waals surface area contributed by atoms with Gasteiger partial charge in [-0.05, 0) is 41.3 Å². The molecular weight excluding hydrogens is 450 g/mol. The van der Waals surface area contributed by atoms with Crippen LogP contribution in [-0.4, -0.2) is 18.4 Å². The van der Waals surface area contributed by atoms with Gasteiger partial charge < -0.3 is 9.97 Å². The Morgan fingerprint density at radius 3 is 2.09 bits per heavy atom. The van der Waals surface area contributed by atoms with E-state index in [1.807, 2.05) is 44.2 Å². The van der Waals surface area contributed by atoms with Crippen LogP contribution in [0.3, 0.4) is 0 Å². The van der Waals surface area contributed by atoms with E-state index in [0.717, 1.165) is 11.1 Å². The lowest BCUT2D eigenvalue weighted by atomic mass is 10.0. The van der Waals surface area contributed by atoms with Gasteiger partial charge in [-0.2, -0.15) is 0 Å². The summed E-state index contributed by atoms with van der Waals surface area (Å²) < 4.78 is 29.1. The van der Waals surface area contributed by atoms with Crippen molar-refractivity contribution >= 4 is 38.3 Å². The van der Waals surface area contributed by atoms with Gasteiger partial charge in [-0.25, -0.2) is 8.42 Å². The Kier molecular flexibility index (Phi) is 5.66. The van der Waals surface area contributed by atoms with E-state index in [1.165, 1.54) is 6.07 Å². The quantitative estimate of drug-likeness (QED) is 0.374. The van der Waals surface area contributed by atoms with Crippen LogP contribution in [0, 0.1) is 0 Å². The minimum absolute atomic E-state index is 0.00552. The zero-order chi connectivity index (χ0) is 23.0. The van der Waals surface area contributed by atoms with Gasteiger partial charge in [-0.1, -0.05) is 61.8 Å². The Morgan fingerprint density at radius 2 is 1.50 bits per heavy atom. The van der Waals surface area contributed by atoms with Gasteiger partial charge >= 0.3 is 11.1 Å². The molecule has 0 saturated carbocycles. The van der Waals surface area contributed by atoms with Crippen LogP contribution in [0.25, 0.3) is 22.2 Å². The van der Waals surface area contributed by atoms with Gasteiger partial charge in [0.25, 0.3) is 10.0 Å². The fourth-order valence-electron chi connectivity index (χ4n) is 3.49. The summed E-state index contributed by atoms with van der Waals surface area (Å²) in [6.45, 7) is 3.69. The number of benzene rings is 3. The molecule has 3 aromatic carbocycles. The standard InChI is InChI=1S/C23H20ClN3O4S/c1-13(2)17-11-19-20(26-23(29)22(28)25-19)12-21(17)32(30,31)27-15-8-9-16(18(24)10-15)14-6-4-3-5-7-14/h3-13,27H,1-2H3,(H,25,28)(H,26,29). The van der Waals surface area contributed by atoms with Crippen molar-refractivity contribution in [2.45, 2.75) is 24.7 Å². The molecule has 0 aliphatic rings. The highest BCUT2D eigenvalue weighted by Crippen LogP contribution is 2.32. The first-order valence-electron chi connectivity index (χ1n) is 9.84. The monoisotopic (exact) mass is 469 g/mol.